The zero-order valence-electron chi connectivity index (χ0n) is 10.6. The number of nitrogens with zero attached hydrogens (tertiary/aromatic N) is 2. The first-order valence-electron chi connectivity index (χ1n) is 6.74. The van der Waals surface area contributed by atoms with Gasteiger partial charge >= 0.3 is 5.56 Å². The number of hydrogen-bond acceptors (Lipinski definition) is 4. The van der Waals surface area contributed by atoms with Crippen LogP contribution in [0.25, 0.3) is 0 Å². The van der Waals surface area contributed by atoms with Crippen LogP contribution in [0.4, 0.5) is 0 Å². The molecule has 0 amide bonds. The third kappa shape index (κ3) is 2.14. The smallest absolute Gasteiger partial charge is 0.313 e. The Kier molecular flexibility index (Phi) is 3.07. The third-order valence-corrected chi connectivity index (χ3v) is 3.93. The normalized spacial score (nSPS) is 30.4. The highest BCUT2D eigenvalue weighted by molar-refractivity contribution is 5.06. The van der Waals surface area contributed by atoms with E-state index in [0.717, 1.165) is 12.8 Å². The Morgan fingerprint density at radius 3 is 2.83 bits per heavy atom. The van der Waals surface area contributed by atoms with Gasteiger partial charge in [0.2, 0.25) is 0 Å². The molecule has 2 saturated heterocycles. The summed E-state index contributed by atoms with van der Waals surface area (Å²) >= 11 is 0. The molecule has 0 aromatic carbocycles. The van der Waals surface area contributed by atoms with Crippen molar-refractivity contribution in [3.05, 3.63) is 22.7 Å². The number of aromatic nitrogens is 2. The maximum absolute atomic E-state index is 12.0. The monoisotopic (exact) mass is 249 g/mol. The highest BCUT2D eigenvalue weighted by Crippen LogP contribution is 2.28. The summed E-state index contributed by atoms with van der Waals surface area (Å²) in [6.45, 7) is 2.59. The van der Waals surface area contributed by atoms with E-state index in [0.29, 0.717) is 18.6 Å². The van der Waals surface area contributed by atoms with Crippen molar-refractivity contribution in [2.45, 2.75) is 57.3 Å². The van der Waals surface area contributed by atoms with Crippen LogP contribution in [0.5, 0.6) is 5.88 Å². The van der Waals surface area contributed by atoms with Gasteiger partial charge in [-0.05, 0) is 32.6 Å². The minimum Gasteiger partial charge on any atom is -0.470 e. The van der Waals surface area contributed by atoms with Crippen LogP contribution >= 0.6 is 0 Å². The molecule has 5 heteroatoms. The SMILES string of the molecule is CCn1ccnc(OC2CC3CCC(C2)N3)c1=O. The largest absolute Gasteiger partial charge is 0.470 e. The van der Waals surface area contributed by atoms with Crippen LogP contribution in [0.2, 0.25) is 0 Å². The van der Waals surface area contributed by atoms with E-state index in [1.165, 1.54) is 12.8 Å². The molecule has 18 heavy (non-hydrogen) atoms. The fourth-order valence-corrected chi connectivity index (χ4v) is 3.02. The summed E-state index contributed by atoms with van der Waals surface area (Å²) in [4.78, 5) is 16.1. The first-order chi connectivity index (χ1) is 8.76. The molecule has 2 aliphatic heterocycles. The molecular formula is C13H19N3O2. The minimum absolute atomic E-state index is 0.120. The van der Waals surface area contributed by atoms with Crippen LogP contribution in [0.15, 0.2) is 17.2 Å². The maximum Gasteiger partial charge on any atom is 0.313 e. The van der Waals surface area contributed by atoms with Crippen LogP contribution in [0, 0.1) is 0 Å². The molecule has 2 fully saturated rings. The lowest BCUT2D eigenvalue weighted by atomic mass is 10.0. The molecule has 2 bridgehead atoms. The molecule has 0 spiro atoms. The van der Waals surface area contributed by atoms with Crippen LogP contribution < -0.4 is 15.6 Å². The van der Waals surface area contributed by atoms with Crippen molar-refractivity contribution in [2.24, 2.45) is 0 Å². The van der Waals surface area contributed by atoms with E-state index in [-0.39, 0.29) is 17.5 Å². The molecule has 3 rings (SSSR count). The van der Waals surface area contributed by atoms with E-state index in [1.54, 1.807) is 17.0 Å². The molecule has 0 radical (unpaired) electrons. The topological polar surface area (TPSA) is 56.1 Å². The van der Waals surface area contributed by atoms with Crippen molar-refractivity contribution in [3.63, 3.8) is 0 Å². The number of rotatable bonds is 3. The lowest BCUT2D eigenvalue weighted by molar-refractivity contribution is 0.129. The number of nitrogens with one attached hydrogen (secondary N) is 1. The molecule has 0 aliphatic carbocycles. The first kappa shape index (κ1) is 11.7. The fraction of sp³-hybridized carbons (Fsp3) is 0.692. The summed E-state index contributed by atoms with van der Waals surface area (Å²) < 4.78 is 7.45. The van der Waals surface area contributed by atoms with Crippen molar-refractivity contribution in [1.29, 1.82) is 0 Å². The van der Waals surface area contributed by atoms with Gasteiger partial charge in [-0.3, -0.25) is 4.79 Å². The molecule has 1 N–H and O–H groups in total. The predicted octanol–water partition coefficient (Wildman–Crippen LogP) is 0.925. The van der Waals surface area contributed by atoms with E-state index in [9.17, 15) is 4.79 Å². The number of piperidine rings is 1. The Morgan fingerprint density at radius 1 is 1.44 bits per heavy atom. The van der Waals surface area contributed by atoms with Crippen LogP contribution in [-0.2, 0) is 6.54 Å². The van der Waals surface area contributed by atoms with Crippen LogP contribution in [0.1, 0.15) is 32.6 Å². The molecule has 2 atom stereocenters. The van der Waals surface area contributed by atoms with E-state index in [4.69, 9.17) is 4.74 Å². The number of ether oxygens (including phenoxy) is 1. The van der Waals surface area contributed by atoms with E-state index < -0.39 is 0 Å². The quantitative estimate of drug-likeness (QED) is 0.865. The lowest BCUT2D eigenvalue weighted by Crippen LogP contribution is -2.43. The summed E-state index contributed by atoms with van der Waals surface area (Å²) in [5.41, 5.74) is -0.120. The summed E-state index contributed by atoms with van der Waals surface area (Å²) in [6, 6.07) is 1.12. The molecule has 1 aromatic rings. The standard InChI is InChI=1S/C13H19N3O2/c1-2-16-6-5-14-12(13(16)17)18-11-7-9-3-4-10(8-11)15-9/h5-6,9-11,15H,2-4,7-8H2,1H3. The average molecular weight is 249 g/mol. The molecule has 3 heterocycles. The average Bonchev–Trinajstić information content (AvgIpc) is 2.71. The van der Waals surface area contributed by atoms with Crippen molar-refractivity contribution in [1.82, 2.24) is 14.9 Å². The van der Waals surface area contributed by atoms with Gasteiger partial charge in [-0.1, -0.05) is 0 Å². The van der Waals surface area contributed by atoms with Gasteiger partial charge in [0.1, 0.15) is 6.10 Å². The first-order valence-corrected chi connectivity index (χ1v) is 6.74. The Labute approximate surface area is 106 Å². The highest BCUT2D eigenvalue weighted by Gasteiger charge is 2.34. The molecular weight excluding hydrogens is 230 g/mol. The van der Waals surface area contributed by atoms with Gasteiger partial charge in [-0.25, -0.2) is 4.98 Å². The minimum atomic E-state index is -0.120. The van der Waals surface area contributed by atoms with Crippen molar-refractivity contribution < 1.29 is 4.74 Å². The Bertz CT molecular complexity index is 473. The molecule has 5 nitrogen and oxygen atoms in total. The molecule has 2 aliphatic rings. The zero-order chi connectivity index (χ0) is 12.5. The van der Waals surface area contributed by atoms with E-state index >= 15 is 0 Å². The van der Waals surface area contributed by atoms with Gasteiger partial charge in [0.25, 0.3) is 5.88 Å². The van der Waals surface area contributed by atoms with E-state index in [1.807, 2.05) is 6.92 Å². The van der Waals surface area contributed by atoms with Gasteiger partial charge in [0, 0.05) is 31.0 Å². The summed E-state index contributed by atoms with van der Waals surface area (Å²) in [6.07, 6.45) is 7.89. The van der Waals surface area contributed by atoms with Gasteiger partial charge in [-0.2, -0.15) is 0 Å². The molecule has 0 saturated carbocycles. The van der Waals surface area contributed by atoms with Gasteiger partial charge in [-0.15, -0.1) is 0 Å². The number of aryl methyl sites for hydroxylation is 1. The molecule has 98 valence electrons. The lowest BCUT2D eigenvalue weighted by Gasteiger charge is -2.28. The fourth-order valence-electron chi connectivity index (χ4n) is 3.02. The van der Waals surface area contributed by atoms with Crippen molar-refractivity contribution >= 4 is 0 Å². The molecule has 1 aromatic heterocycles. The summed E-state index contributed by atoms with van der Waals surface area (Å²) in [5.74, 6) is 0.255. The Morgan fingerprint density at radius 2 is 2.17 bits per heavy atom. The van der Waals surface area contributed by atoms with Crippen LogP contribution in [0.3, 0.4) is 0 Å². The Hall–Kier alpha value is -1.36. The third-order valence-electron chi connectivity index (χ3n) is 3.93. The maximum atomic E-state index is 12.0. The van der Waals surface area contributed by atoms with Crippen LogP contribution in [-0.4, -0.2) is 27.7 Å². The predicted molar refractivity (Wildman–Crippen MR) is 67.8 cm³/mol. The Balaban J connectivity index is 1.75. The van der Waals surface area contributed by atoms with Gasteiger partial charge < -0.3 is 14.6 Å². The van der Waals surface area contributed by atoms with Crippen molar-refractivity contribution in [3.8, 4) is 5.88 Å². The van der Waals surface area contributed by atoms with E-state index in [2.05, 4.69) is 10.3 Å². The zero-order valence-corrected chi connectivity index (χ0v) is 10.6. The second kappa shape index (κ2) is 4.72. The molecule has 2 unspecified atom stereocenters. The summed E-state index contributed by atoms with van der Waals surface area (Å²) in [7, 11) is 0. The van der Waals surface area contributed by atoms with Gasteiger partial charge in [0.15, 0.2) is 0 Å². The highest BCUT2D eigenvalue weighted by atomic mass is 16.5. The van der Waals surface area contributed by atoms with Gasteiger partial charge in [0.05, 0.1) is 0 Å². The van der Waals surface area contributed by atoms with Crippen molar-refractivity contribution in [2.75, 3.05) is 0 Å². The number of fused-ring (bicyclic) bond motifs is 2. The second-order valence-corrected chi connectivity index (χ2v) is 5.17. The summed E-state index contributed by atoms with van der Waals surface area (Å²) in [5, 5.41) is 3.56. The number of hydrogen-bond donors (Lipinski definition) is 1. The second-order valence-electron chi connectivity index (χ2n) is 5.17.